The van der Waals surface area contributed by atoms with Gasteiger partial charge in [0, 0.05) is 51.4 Å². The first-order valence-electron chi connectivity index (χ1n) is 11.0. The highest BCUT2D eigenvalue weighted by Crippen LogP contribution is 2.30. The number of carbonyl (C=O) groups excluding carboxylic acids is 2. The Hall–Kier alpha value is -1.97. The van der Waals surface area contributed by atoms with Gasteiger partial charge in [0.25, 0.3) is 0 Å². The number of hydrogen-bond acceptors (Lipinski definition) is 5. The van der Waals surface area contributed by atoms with Crippen LogP contribution in [0.3, 0.4) is 0 Å². The summed E-state index contributed by atoms with van der Waals surface area (Å²) in [6.07, 6.45) is 3.83. The third-order valence-corrected chi connectivity index (χ3v) is 8.02. The summed E-state index contributed by atoms with van der Waals surface area (Å²) in [7, 11) is -3.97. The molecule has 4 rings (SSSR count). The summed E-state index contributed by atoms with van der Waals surface area (Å²) >= 11 is 0. The van der Waals surface area contributed by atoms with Crippen LogP contribution in [0.15, 0.2) is 23.1 Å². The zero-order valence-corrected chi connectivity index (χ0v) is 18.9. The van der Waals surface area contributed by atoms with Gasteiger partial charge in [0.15, 0.2) is 0 Å². The van der Waals surface area contributed by atoms with Crippen molar-refractivity contribution in [1.29, 1.82) is 0 Å². The van der Waals surface area contributed by atoms with Crippen LogP contribution in [0.25, 0.3) is 0 Å². The van der Waals surface area contributed by atoms with Crippen LogP contribution < -0.4 is 9.62 Å². The standard InChI is InChI=1S/C22H31N4O4S/c1-16-19(26-10-4-7-21(26)27)5-3-6-20(16)31(29,30)23-17(2)22(28)25-13-11-24(12-14-25)15-18-8-9-18/h3,5-6,17-18,23H,2,4,7-15H2,1H3/t17-/m0/s1. The zero-order chi connectivity index (χ0) is 22.2. The van der Waals surface area contributed by atoms with E-state index in [9.17, 15) is 18.0 Å². The van der Waals surface area contributed by atoms with Gasteiger partial charge in [0.2, 0.25) is 21.8 Å². The Morgan fingerprint density at radius 2 is 1.90 bits per heavy atom. The molecule has 1 saturated carbocycles. The van der Waals surface area contributed by atoms with E-state index >= 15 is 0 Å². The van der Waals surface area contributed by atoms with E-state index in [2.05, 4.69) is 16.5 Å². The van der Waals surface area contributed by atoms with Gasteiger partial charge in [-0.1, -0.05) is 6.07 Å². The Balaban J connectivity index is 1.41. The van der Waals surface area contributed by atoms with Crippen molar-refractivity contribution in [3.8, 4) is 0 Å². The van der Waals surface area contributed by atoms with Gasteiger partial charge >= 0.3 is 0 Å². The molecular weight excluding hydrogens is 416 g/mol. The van der Waals surface area contributed by atoms with E-state index in [0.717, 1.165) is 32.0 Å². The molecule has 8 nitrogen and oxygen atoms in total. The summed E-state index contributed by atoms with van der Waals surface area (Å²) in [6, 6.07) is 3.78. The maximum absolute atomic E-state index is 13.0. The summed E-state index contributed by atoms with van der Waals surface area (Å²) in [6.45, 7) is 9.95. The number of amides is 2. The van der Waals surface area contributed by atoms with E-state index in [1.165, 1.54) is 18.9 Å². The molecule has 1 N–H and O–H groups in total. The van der Waals surface area contributed by atoms with Crippen LogP contribution in [0.5, 0.6) is 0 Å². The average Bonchev–Trinajstić information content (AvgIpc) is 3.45. The maximum Gasteiger partial charge on any atom is 0.241 e. The molecule has 3 fully saturated rings. The number of benzene rings is 1. The van der Waals surface area contributed by atoms with Gasteiger partial charge in [-0.2, -0.15) is 4.72 Å². The first kappa shape index (κ1) is 22.2. The second-order valence-electron chi connectivity index (χ2n) is 8.79. The molecule has 169 valence electrons. The van der Waals surface area contributed by atoms with Crippen molar-refractivity contribution in [2.45, 2.75) is 43.5 Å². The van der Waals surface area contributed by atoms with Gasteiger partial charge in [0.1, 0.15) is 6.04 Å². The Morgan fingerprint density at radius 3 is 2.52 bits per heavy atom. The summed E-state index contributed by atoms with van der Waals surface area (Å²) in [5, 5.41) is 0. The predicted octanol–water partition coefficient (Wildman–Crippen LogP) is 1.16. The van der Waals surface area contributed by atoms with Crippen molar-refractivity contribution in [1.82, 2.24) is 14.5 Å². The highest BCUT2D eigenvalue weighted by molar-refractivity contribution is 7.89. The lowest BCUT2D eigenvalue weighted by Crippen LogP contribution is -2.54. The minimum atomic E-state index is -3.97. The number of nitrogens with one attached hydrogen (secondary N) is 1. The molecule has 0 unspecified atom stereocenters. The average molecular weight is 448 g/mol. The first-order valence-corrected chi connectivity index (χ1v) is 12.5. The van der Waals surface area contributed by atoms with Gasteiger partial charge in [-0.05, 0) is 56.7 Å². The van der Waals surface area contributed by atoms with Crippen LogP contribution in [0.1, 0.15) is 31.2 Å². The first-order chi connectivity index (χ1) is 14.8. The summed E-state index contributed by atoms with van der Waals surface area (Å²) in [4.78, 5) is 30.7. The fraction of sp³-hybridized carbons (Fsp3) is 0.591. The van der Waals surface area contributed by atoms with Gasteiger partial charge in [0.05, 0.1) is 4.90 Å². The second kappa shape index (κ2) is 8.88. The molecule has 1 radical (unpaired) electrons. The minimum absolute atomic E-state index is 0.00310. The van der Waals surface area contributed by atoms with Crippen LogP contribution in [0.2, 0.25) is 0 Å². The molecule has 0 aromatic heterocycles. The predicted molar refractivity (Wildman–Crippen MR) is 118 cm³/mol. The quantitative estimate of drug-likeness (QED) is 0.677. The smallest absolute Gasteiger partial charge is 0.241 e. The van der Waals surface area contributed by atoms with Crippen molar-refractivity contribution < 1.29 is 18.0 Å². The molecule has 2 amide bonds. The number of sulfonamides is 1. The van der Waals surface area contributed by atoms with Crippen LogP contribution in [0.4, 0.5) is 5.69 Å². The lowest BCUT2D eigenvalue weighted by atomic mass is 10.2. The molecule has 1 aliphatic carbocycles. The number of carbonyl (C=O) groups is 2. The molecule has 0 spiro atoms. The van der Waals surface area contributed by atoms with E-state index in [1.807, 2.05) is 0 Å². The summed E-state index contributed by atoms with van der Waals surface area (Å²) in [5.74, 6) is 0.499. The zero-order valence-electron chi connectivity index (χ0n) is 18.0. The lowest BCUT2D eigenvalue weighted by molar-refractivity contribution is -0.133. The Bertz CT molecular complexity index is 952. The molecule has 3 aliphatic rings. The Labute approximate surface area is 184 Å². The van der Waals surface area contributed by atoms with E-state index in [0.29, 0.717) is 37.3 Å². The third kappa shape index (κ3) is 4.94. The van der Waals surface area contributed by atoms with Crippen LogP contribution in [-0.4, -0.2) is 75.3 Å². The van der Waals surface area contributed by atoms with E-state index < -0.39 is 16.1 Å². The van der Waals surface area contributed by atoms with Crippen molar-refractivity contribution in [2.75, 3.05) is 44.2 Å². The van der Waals surface area contributed by atoms with Gasteiger partial charge in [-0.3, -0.25) is 14.5 Å². The van der Waals surface area contributed by atoms with E-state index in [-0.39, 0.29) is 16.7 Å². The molecular formula is C22H31N4O4S. The number of nitrogens with zero attached hydrogens (tertiary/aromatic N) is 3. The molecule has 31 heavy (non-hydrogen) atoms. The summed E-state index contributed by atoms with van der Waals surface area (Å²) in [5.41, 5.74) is 1.10. The third-order valence-electron chi connectivity index (χ3n) is 6.40. The van der Waals surface area contributed by atoms with E-state index in [1.54, 1.807) is 28.9 Å². The maximum atomic E-state index is 13.0. The fourth-order valence-corrected chi connectivity index (χ4v) is 5.79. The number of piperazine rings is 1. The van der Waals surface area contributed by atoms with Crippen molar-refractivity contribution in [3.63, 3.8) is 0 Å². The van der Waals surface area contributed by atoms with Gasteiger partial charge < -0.3 is 9.80 Å². The molecule has 1 aromatic carbocycles. The topological polar surface area (TPSA) is 90.0 Å². The van der Waals surface area contributed by atoms with Crippen molar-refractivity contribution in [2.24, 2.45) is 5.92 Å². The van der Waals surface area contributed by atoms with Crippen LogP contribution in [0, 0.1) is 19.8 Å². The molecule has 2 aliphatic heterocycles. The summed E-state index contributed by atoms with van der Waals surface area (Å²) < 4.78 is 28.5. The van der Waals surface area contributed by atoms with Crippen molar-refractivity contribution >= 4 is 27.5 Å². The molecule has 0 bridgehead atoms. The lowest BCUT2D eigenvalue weighted by Gasteiger charge is -2.36. The fourth-order valence-electron chi connectivity index (χ4n) is 4.43. The number of hydrogen-bond donors (Lipinski definition) is 1. The highest BCUT2D eigenvalue weighted by atomic mass is 32.2. The normalized spacial score (nSPS) is 21.5. The SMILES string of the molecule is [CH2][C@H](NS(=O)(=O)c1cccc(N2CCCC2=O)c1C)C(=O)N1CCN(CC2CC2)CC1. The Morgan fingerprint density at radius 1 is 1.19 bits per heavy atom. The Kier molecular flexibility index (Phi) is 6.37. The van der Waals surface area contributed by atoms with Crippen molar-refractivity contribution in [3.05, 3.63) is 30.7 Å². The van der Waals surface area contributed by atoms with Crippen LogP contribution >= 0.6 is 0 Å². The minimum Gasteiger partial charge on any atom is -0.339 e. The monoisotopic (exact) mass is 447 g/mol. The molecule has 9 heteroatoms. The molecule has 2 heterocycles. The number of anilines is 1. The second-order valence-corrected chi connectivity index (χ2v) is 10.5. The number of rotatable bonds is 7. The van der Waals surface area contributed by atoms with E-state index in [4.69, 9.17) is 0 Å². The van der Waals surface area contributed by atoms with Gasteiger partial charge in [-0.25, -0.2) is 8.42 Å². The highest BCUT2D eigenvalue weighted by Gasteiger charge is 2.32. The molecule has 2 saturated heterocycles. The molecule has 1 aromatic rings. The molecule has 1 atom stereocenters. The van der Waals surface area contributed by atoms with Gasteiger partial charge in [-0.15, -0.1) is 0 Å². The largest absolute Gasteiger partial charge is 0.339 e. The van der Waals surface area contributed by atoms with Crippen LogP contribution in [-0.2, 0) is 19.6 Å².